The van der Waals surface area contributed by atoms with Gasteiger partial charge in [-0.2, -0.15) is 0 Å². The van der Waals surface area contributed by atoms with Crippen molar-refractivity contribution in [2.24, 2.45) is 5.92 Å². The largest absolute Gasteiger partial charge is 0.313 e. The lowest BCUT2D eigenvalue weighted by molar-refractivity contribution is 0.292. The summed E-state index contributed by atoms with van der Waals surface area (Å²) in [6.07, 6.45) is 8.21. The molecule has 1 aliphatic rings. The van der Waals surface area contributed by atoms with E-state index in [0.717, 1.165) is 6.54 Å². The molecule has 3 unspecified atom stereocenters. The van der Waals surface area contributed by atoms with Gasteiger partial charge in [0, 0.05) is 23.9 Å². The molecule has 2 rings (SSSR count). The van der Waals surface area contributed by atoms with E-state index < -0.39 is 0 Å². The molecule has 2 heteroatoms. The van der Waals surface area contributed by atoms with Crippen LogP contribution in [0.15, 0.2) is 18.3 Å². The van der Waals surface area contributed by atoms with E-state index in [9.17, 15) is 0 Å². The number of hydrogen-bond acceptors (Lipinski definition) is 2. The molecule has 1 aromatic rings. The summed E-state index contributed by atoms with van der Waals surface area (Å²) in [6.45, 7) is 8.04. The maximum absolute atomic E-state index is 4.71. The average Bonchev–Trinajstić information content (AvgIpc) is 2.47. The SMILES string of the molecule is CCCNC(C(C)CC)C1CCCc2cccnc21. The zero-order valence-corrected chi connectivity index (χ0v) is 12.7. The smallest absolute Gasteiger partial charge is 0.0482 e. The number of nitrogens with zero attached hydrogens (tertiary/aromatic N) is 1. The molecule has 0 fully saturated rings. The van der Waals surface area contributed by atoms with E-state index in [1.54, 1.807) is 0 Å². The highest BCUT2D eigenvalue weighted by Gasteiger charge is 2.31. The summed E-state index contributed by atoms with van der Waals surface area (Å²) in [5.41, 5.74) is 2.84. The van der Waals surface area contributed by atoms with E-state index in [2.05, 4.69) is 38.2 Å². The molecule has 0 radical (unpaired) electrons. The summed E-state index contributed by atoms with van der Waals surface area (Å²) in [4.78, 5) is 4.71. The van der Waals surface area contributed by atoms with E-state index in [1.807, 2.05) is 6.20 Å². The fourth-order valence-corrected chi connectivity index (χ4v) is 3.30. The molecule has 0 aliphatic heterocycles. The van der Waals surface area contributed by atoms with Crippen LogP contribution in [0.1, 0.15) is 63.6 Å². The number of rotatable bonds is 6. The zero-order valence-electron chi connectivity index (χ0n) is 12.7. The fraction of sp³-hybridized carbons (Fsp3) is 0.706. The minimum Gasteiger partial charge on any atom is -0.313 e. The van der Waals surface area contributed by atoms with Crippen molar-refractivity contribution in [1.82, 2.24) is 10.3 Å². The predicted molar refractivity (Wildman–Crippen MR) is 81.5 cm³/mol. The van der Waals surface area contributed by atoms with Crippen LogP contribution in [0.3, 0.4) is 0 Å². The van der Waals surface area contributed by atoms with Crippen LogP contribution in [0, 0.1) is 5.92 Å². The van der Waals surface area contributed by atoms with Gasteiger partial charge in [-0.3, -0.25) is 4.98 Å². The lowest BCUT2D eigenvalue weighted by Gasteiger charge is -2.35. The molecule has 0 saturated carbocycles. The molecule has 2 nitrogen and oxygen atoms in total. The van der Waals surface area contributed by atoms with E-state index in [4.69, 9.17) is 4.98 Å². The van der Waals surface area contributed by atoms with Gasteiger partial charge in [0.15, 0.2) is 0 Å². The standard InChI is InChI=1S/C17H28N2/c1-4-11-18-16(13(3)5-2)15-10-6-8-14-9-7-12-19-17(14)15/h7,9,12-13,15-16,18H,4-6,8,10-11H2,1-3H3. The van der Waals surface area contributed by atoms with Gasteiger partial charge >= 0.3 is 0 Å². The maximum Gasteiger partial charge on any atom is 0.0482 e. The highest BCUT2D eigenvalue weighted by Crippen LogP contribution is 2.35. The first-order valence-electron chi connectivity index (χ1n) is 7.95. The first kappa shape index (κ1) is 14.5. The molecule has 0 bridgehead atoms. The van der Waals surface area contributed by atoms with Crippen molar-refractivity contribution < 1.29 is 0 Å². The maximum atomic E-state index is 4.71. The van der Waals surface area contributed by atoms with Gasteiger partial charge in [0.2, 0.25) is 0 Å². The third kappa shape index (κ3) is 3.36. The summed E-state index contributed by atoms with van der Waals surface area (Å²) in [6, 6.07) is 4.93. The lowest BCUT2D eigenvalue weighted by Crippen LogP contribution is -2.42. The summed E-state index contributed by atoms with van der Waals surface area (Å²) >= 11 is 0. The molecular weight excluding hydrogens is 232 g/mol. The Morgan fingerprint density at radius 3 is 3.00 bits per heavy atom. The van der Waals surface area contributed by atoms with Crippen molar-refractivity contribution in [3.05, 3.63) is 29.6 Å². The number of hydrogen-bond donors (Lipinski definition) is 1. The molecule has 3 atom stereocenters. The van der Waals surface area contributed by atoms with Gasteiger partial charge in [0.25, 0.3) is 0 Å². The van der Waals surface area contributed by atoms with Gasteiger partial charge in [-0.25, -0.2) is 0 Å². The molecule has 1 N–H and O–H groups in total. The van der Waals surface area contributed by atoms with Crippen molar-refractivity contribution in [3.8, 4) is 0 Å². The van der Waals surface area contributed by atoms with Crippen molar-refractivity contribution in [1.29, 1.82) is 0 Å². The molecule has 0 saturated heterocycles. The molecule has 1 heterocycles. The molecular formula is C17H28N2. The number of pyridine rings is 1. The topological polar surface area (TPSA) is 24.9 Å². The zero-order chi connectivity index (χ0) is 13.7. The van der Waals surface area contributed by atoms with Gasteiger partial charge in [-0.1, -0.05) is 33.3 Å². The van der Waals surface area contributed by atoms with E-state index in [0.29, 0.717) is 17.9 Å². The van der Waals surface area contributed by atoms with Crippen LogP contribution in [-0.2, 0) is 6.42 Å². The highest BCUT2D eigenvalue weighted by atomic mass is 14.9. The minimum absolute atomic E-state index is 0.582. The summed E-state index contributed by atoms with van der Waals surface area (Å²) < 4.78 is 0. The number of aryl methyl sites for hydroxylation is 1. The van der Waals surface area contributed by atoms with Crippen LogP contribution in [0.5, 0.6) is 0 Å². The van der Waals surface area contributed by atoms with Gasteiger partial charge in [0.05, 0.1) is 0 Å². The quantitative estimate of drug-likeness (QED) is 0.838. The Hall–Kier alpha value is -0.890. The van der Waals surface area contributed by atoms with Gasteiger partial charge < -0.3 is 5.32 Å². The minimum atomic E-state index is 0.582. The van der Waals surface area contributed by atoms with Crippen molar-refractivity contribution in [2.45, 2.75) is 64.8 Å². The van der Waals surface area contributed by atoms with Gasteiger partial charge in [0.1, 0.15) is 0 Å². The van der Waals surface area contributed by atoms with Crippen LogP contribution in [0.4, 0.5) is 0 Å². The third-order valence-corrected chi connectivity index (χ3v) is 4.56. The number of aromatic nitrogens is 1. The molecule has 19 heavy (non-hydrogen) atoms. The summed E-state index contributed by atoms with van der Waals surface area (Å²) in [5, 5.41) is 3.79. The number of nitrogens with one attached hydrogen (secondary N) is 1. The Morgan fingerprint density at radius 2 is 2.26 bits per heavy atom. The molecule has 1 aliphatic carbocycles. The monoisotopic (exact) mass is 260 g/mol. The lowest BCUT2D eigenvalue weighted by atomic mass is 9.77. The van der Waals surface area contributed by atoms with E-state index in [-0.39, 0.29) is 0 Å². The average molecular weight is 260 g/mol. The molecule has 0 amide bonds. The normalized spacial score (nSPS) is 21.7. The van der Waals surface area contributed by atoms with Crippen molar-refractivity contribution in [2.75, 3.05) is 6.54 Å². The van der Waals surface area contributed by atoms with E-state index >= 15 is 0 Å². The molecule has 106 valence electrons. The van der Waals surface area contributed by atoms with Gasteiger partial charge in [-0.15, -0.1) is 0 Å². The van der Waals surface area contributed by atoms with Crippen LogP contribution in [0.2, 0.25) is 0 Å². The summed E-state index contributed by atoms with van der Waals surface area (Å²) in [5.74, 6) is 1.32. The Balaban J connectivity index is 2.22. The van der Waals surface area contributed by atoms with Crippen LogP contribution in [0.25, 0.3) is 0 Å². The Morgan fingerprint density at radius 1 is 1.42 bits per heavy atom. The first-order valence-corrected chi connectivity index (χ1v) is 7.95. The number of fused-ring (bicyclic) bond motifs is 1. The van der Waals surface area contributed by atoms with Crippen LogP contribution < -0.4 is 5.32 Å². The van der Waals surface area contributed by atoms with Crippen molar-refractivity contribution >= 4 is 0 Å². The molecule has 1 aromatic heterocycles. The second-order valence-electron chi connectivity index (χ2n) is 5.91. The van der Waals surface area contributed by atoms with Crippen LogP contribution in [-0.4, -0.2) is 17.6 Å². The van der Waals surface area contributed by atoms with E-state index in [1.165, 1.54) is 43.4 Å². The Labute approximate surface area is 118 Å². The second-order valence-corrected chi connectivity index (χ2v) is 5.91. The predicted octanol–water partition coefficient (Wildman–Crippen LogP) is 3.92. The Bertz CT molecular complexity index is 389. The first-order chi connectivity index (χ1) is 9.27. The second kappa shape index (κ2) is 7.04. The Kier molecular flexibility index (Phi) is 5.38. The van der Waals surface area contributed by atoms with Crippen molar-refractivity contribution in [3.63, 3.8) is 0 Å². The fourth-order valence-electron chi connectivity index (χ4n) is 3.30. The molecule has 0 spiro atoms. The molecule has 0 aromatic carbocycles. The summed E-state index contributed by atoms with van der Waals surface area (Å²) in [7, 11) is 0. The third-order valence-electron chi connectivity index (χ3n) is 4.56. The highest BCUT2D eigenvalue weighted by molar-refractivity contribution is 5.27. The van der Waals surface area contributed by atoms with Gasteiger partial charge in [-0.05, 0) is 49.8 Å². The van der Waals surface area contributed by atoms with Crippen LogP contribution >= 0.6 is 0 Å².